The Labute approximate surface area is 534 Å². The number of aromatic nitrogens is 3. The number of imidazole rings is 1. The Balaban J connectivity index is 1.10. The van der Waals surface area contributed by atoms with E-state index in [1.165, 1.54) is 45.1 Å². The zero-order valence-electron chi connectivity index (χ0n) is 47.4. The fraction of sp³-hybridized carbons (Fsp3) is 0.509. The number of H-pyrrole nitrogens is 2. The highest BCUT2D eigenvalue weighted by Crippen LogP contribution is 2.39. The topological polar surface area (TPSA) is 388 Å². The van der Waals surface area contributed by atoms with E-state index < -0.39 is 78.6 Å². The summed E-state index contributed by atoms with van der Waals surface area (Å²) in [4.78, 5) is 140. The zero-order valence-corrected chi connectivity index (χ0v) is 52.8. The van der Waals surface area contributed by atoms with Crippen LogP contribution in [0.1, 0.15) is 81.0 Å². The van der Waals surface area contributed by atoms with Gasteiger partial charge < -0.3 is 74.6 Å². The van der Waals surface area contributed by atoms with E-state index in [0.29, 0.717) is 48.7 Å². The van der Waals surface area contributed by atoms with Crippen molar-refractivity contribution in [2.24, 2.45) is 22.2 Å². The number of primary amides is 1. The molecule has 472 valence electrons. The SMILES string of the molecule is NC(=O)[C@@H]1CSSCCN(C(=O)CCCCCNC(=O)CCCC[C@@H]2SC[C@@H]3NC(=O)N[C@@H]32)CC(=O)N[C@@H](Cc2cnc[nH]2)C(=O)N[C@H](Cc2cc(Cl)c(Cl)c(Cl)c2Cl)C(=O)N[C@@H](CCCN=C(N)N)C(=O)N[C@@H](Cc2c[nH]c3ccccc23)C(=O)N1. The number of benzene rings is 2. The maximum Gasteiger partial charge on any atom is 0.315 e. The van der Waals surface area contributed by atoms with E-state index in [-0.39, 0.29) is 118 Å². The first-order valence-electron chi connectivity index (χ1n) is 28.4. The third kappa shape index (κ3) is 20.6. The van der Waals surface area contributed by atoms with Crippen LogP contribution in [0.2, 0.25) is 20.1 Å². The number of unbranched alkanes of at least 4 members (excludes halogenated alkanes) is 3. The molecule has 10 amide bonds. The fourth-order valence-corrected chi connectivity index (χ4v) is 14.8. The molecule has 4 aromatic rings. The van der Waals surface area contributed by atoms with Gasteiger partial charge in [-0.3, -0.25) is 43.3 Å². The first-order chi connectivity index (χ1) is 41.7. The van der Waals surface area contributed by atoms with Crippen LogP contribution in [-0.2, 0) is 57.6 Å². The summed E-state index contributed by atoms with van der Waals surface area (Å²) < 4.78 is 0. The van der Waals surface area contributed by atoms with Crippen molar-refractivity contribution in [3.63, 3.8) is 0 Å². The molecule has 5 heterocycles. The van der Waals surface area contributed by atoms with E-state index in [0.717, 1.165) is 35.9 Å². The van der Waals surface area contributed by atoms with Crippen LogP contribution in [0.5, 0.6) is 0 Å². The van der Waals surface area contributed by atoms with Gasteiger partial charge in [0.05, 0.1) is 45.0 Å². The van der Waals surface area contributed by atoms with Gasteiger partial charge in [0.2, 0.25) is 47.3 Å². The molecular weight excluding hydrogens is 1270 g/mol. The predicted molar refractivity (Wildman–Crippen MR) is 340 cm³/mol. The molecule has 0 unspecified atom stereocenters. The van der Waals surface area contributed by atoms with Crippen LogP contribution >= 0.6 is 79.8 Å². The van der Waals surface area contributed by atoms with Crippen molar-refractivity contribution in [3.05, 3.63) is 86.0 Å². The molecule has 2 aromatic heterocycles. The lowest BCUT2D eigenvalue weighted by Crippen LogP contribution is -2.60. The zero-order chi connectivity index (χ0) is 62.6. The Hall–Kier alpha value is -6.30. The Kier molecular flexibility index (Phi) is 26.6. The number of rotatable bonds is 22. The predicted octanol–water partition coefficient (Wildman–Crippen LogP) is 3.12. The molecule has 16 N–H and O–H groups in total. The van der Waals surface area contributed by atoms with Crippen LogP contribution in [-0.4, -0.2) is 170 Å². The highest BCUT2D eigenvalue weighted by atomic mass is 35.5. The molecule has 32 heteroatoms. The van der Waals surface area contributed by atoms with Gasteiger partial charge in [-0.15, -0.1) is 0 Å². The van der Waals surface area contributed by atoms with Crippen molar-refractivity contribution < 1.29 is 43.2 Å². The Bertz CT molecular complexity index is 3120. The number of fused-ring (bicyclic) bond motifs is 2. The monoisotopic (exact) mass is 1340 g/mol. The maximum atomic E-state index is 14.9. The van der Waals surface area contributed by atoms with Crippen LogP contribution in [0.25, 0.3) is 10.9 Å². The van der Waals surface area contributed by atoms with Crippen LogP contribution < -0.4 is 59.7 Å². The number of halogens is 4. The second-order valence-electron chi connectivity index (χ2n) is 21.2. The first-order valence-corrected chi connectivity index (χ1v) is 33.5. The number of thioether (sulfide) groups is 1. The second-order valence-corrected chi connectivity index (χ2v) is 26.6. The summed E-state index contributed by atoms with van der Waals surface area (Å²) >= 11 is 27.8. The van der Waals surface area contributed by atoms with Crippen molar-refractivity contribution in [1.82, 2.24) is 62.4 Å². The number of hydrogen-bond acceptors (Lipinski definition) is 14. The summed E-state index contributed by atoms with van der Waals surface area (Å²) in [5.74, 6) is -4.57. The van der Waals surface area contributed by atoms with Crippen molar-refractivity contribution in [2.75, 3.05) is 43.4 Å². The third-order valence-corrected chi connectivity index (χ3v) is 20.4. The van der Waals surface area contributed by atoms with E-state index in [1.54, 1.807) is 6.20 Å². The summed E-state index contributed by atoms with van der Waals surface area (Å²) in [6.07, 6.45) is 8.40. The molecular formula is C55H72Cl4N16O9S3. The van der Waals surface area contributed by atoms with E-state index in [2.05, 4.69) is 62.5 Å². The maximum absolute atomic E-state index is 14.9. The van der Waals surface area contributed by atoms with E-state index in [9.17, 15) is 43.2 Å². The van der Waals surface area contributed by atoms with Gasteiger partial charge in [0.1, 0.15) is 30.2 Å². The minimum absolute atomic E-state index is 0.0265. The standard InChI is InChI=1S/C55H72Cl4N16O9S3/c56-33-19-29(45(57)47(59)46(33)58)20-36-51(81)69-35(11-8-16-65-54(61)62)50(80)70-37(21-30-23-66-34-10-4-3-9-32(30)34)52(82)72-40(49(60)79)27-87-86-18-17-75(25-43(77)68-38(53(83)71-36)22-31-24-63-28-67-31)44(78)14-2-1-7-15-64-42(76)13-6-5-12-41-48-39(26-85-41)73-55(84)74-48/h3-4,9-10,19,23-24,28,35-41,48,66H,1-2,5-8,11-18,20-22,25-27H2,(H2,60,79)(H,63,67)(H,64,76)(H,68,77)(H,69,81)(H,70,80)(H,71,83)(H,72,82)(H4,61,62,65)(H2,73,74,84)/t35-,36+,37-,38-,39-,40-,41-,48-/m0/s1. The molecule has 2 aromatic carbocycles. The van der Waals surface area contributed by atoms with Gasteiger partial charge in [0.15, 0.2) is 5.96 Å². The van der Waals surface area contributed by atoms with Gasteiger partial charge >= 0.3 is 6.03 Å². The van der Waals surface area contributed by atoms with E-state index in [1.807, 2.05) is 36.0 Å². The average molecular weight is 1340 g/mol. The number of aliphatic imine (C=N–C) groups is 1. The highest BCUT2D eigenvalue weighted by Gasteiger charge is 2.43. The molecule has 0 aliphatic carbocycles. The number of para-hydroxylation sites is 1. The minimum atomic E-state index is -1.59. The normalized spacial score (nSPS) is 22.7. The van der Waals surface area contributed by atoms with Crippen LogP contribution in [0.15, 0.2) is 54.0 Å². The Morgan fingerprint density at radius 3 is 2.14 bits per heavy atom. The van der Waals surface area contributed by atoms with Gasteiger partial charge in [-0.05, 0) is 61.8 Å². The number of guanidine groups is 1. The van der Waals surface area contributed by atoms with Gasteiger partial charge in [-0.2, -0.15) is 11.8 Å². The highest BCUT2D eigenvalue weighted by molar-refractivity contribution is 8.76. The number of nitrogens with one attached hydrogen (secondary N) is 10. The van der Waals surface area contributed by atoms with Gasteiger partial charge in [0.25, 0.3) is 0 Å². The van der Waals surface area contributed by atoms with Gasteiger partial charge in [-0.25, -0.2) is 9.78 Å². The number of urea groups is 1. The number of amides is 10. The molecule has 0 spiro atoms. The van der Waals surface area contributed by atoms with E-state index in [4.69, 9.17) is 63.6 Å². The number of nitrogens with zero attached hydrogens (tertiary/aromatic N) is 3. The molecule has 8 atom stereocenters. The van der Waals surface area contributed by atoms with Crippen molar-refractivity contribution in [3.8, 4) is 0 Å². The molecule has 3 saturated heterocycles. The molecule has 3 aliphatic heterocycles. The molecule has 87 heavy (non-hydrogen) atoms. The van der Waals surface area contributed by atoms with E-state index >= 15 is 0 Å². The quantitative estimate of drug-likeness (QED) is 0.0102. The average Bonchev–Trinajstić information content (AvgIpc) is 2.63. The van der Waals surface area contributed by atoms with Crippen LogP contribution in [0.3, 0.4) is 0 Å². The fourth-order valence-electron chi connectivity index (χ4n) is 10.2. The number of carbonyl (C=O) groups is 9. The second kappa shape index (κ2) is 33.9. The lowest BCUT2D eigenvalue weighted by molar-refractivity contribution is -0.137. The molecule has 3 aliphatic rings. The molecule has 7 rings (SSSR count). The summed E-state index contributed by atoms with van der Waals surface area (Å²) in [5.41, 5.74) is 19.1. The number of hydrogen-bond donors (Lipinski definition) is 13. The van der Waals surface area contributed by atoms with Crippen molar-refractivity contribution in [2.45, 2.75) is 131 Å². The molecule has 3 fully saturated rings. The smallest absolute Gasteiger partial charge is 0.315 e. The van der Waals surface area contributed by atoms with Gasteiger partial charge in [0, 0.05) is 103 Å². The molecule has 0 saturated carbocycles. The summed E-state index contributed by atoms with van der Waals surface area (Å²) in [5, 5.41) is 23.3. The summed E-state index contributed by atoms with van der Waals surface area (Å²) in [6.45, 7) is -0.0104. The Morgan fingerprint density at radius 1 is 0.701 bits per heavy atom. The van der Waals surface area contributed by atoms with Crippen LogP contribution in [0.4, 0.5) is 4.79 Å². The molecule has 0 radical (unpaired) electrons. The minimum Gasteiger partial charge on any atom is -0.370 e. The number of nitrogens with two attached hydrogens (primary N) is 3. The first kappa shape index (κ1) is 68.2. The number of carbonyl (C=O) groups excluding carboxylic acids is 9. The summed E-state index contributed by atoms with van der Waals surface area (Å²) in [7, 11) is 2.44. The largest absolute Gasteiger partial charge is 0.370 e. The molecule has 0 bridgehead atoms. The Morgan fingerprint density at radius 2 is 1.40 bits per heavy atom. The van der Waals surface area contributed by atoms with Crippen molar-refractivity contribution in [1.29, 1.82) is 0 Å². The summed E-state index contributed by atoms with van der Waals surface area (Å²) in [6, 6.07) is 1.77. The van der Waals surface area contributed by atoms with Gasteiger partial charge in [-0.1, -0.05) is 99.0 Å². The number of aromatic amines is 2. The van der Waals surface area contributed by atoms with Crippen LogP contribution in [0, 0.1) is 0 Å². The third-order valence-electron chi connectivity index (χ3n) is 14.8. The molecule has 25 nitrogen and oxygen atoms in total. The van der Waals surface area contributed by atoms with Crippen molar-refractivity contribution >= 4 is 150 Å². The lowest BCUT2D eigenvalue weighted by atomic mass is 10.0. The lowest BCUT2D eigenvalue weighted by Gasteiger charge is -2.28.